The van der Waals surface area contributed by atoms with Crippen molar-refractivity contribution in [3.8, 4) is 22.9 Å². The molecule has 0 unspecified atom stereocenters. The molecule has 1 aromatic heterocycles. The number of aromatic nitrogens is 2. The molecule has 1 heterocycles. The van der Waals surface area contributed by atoms with Crippen LogP contribution in [0.5, 0.6) is 0 Å². The first kappa shape index (κ1) is 14.2. The summed E-state index contributed by atoms with van der Waals surface area (Å²) >= 11 is 0. The summed E-state index contributed by atoms with van der Waals surface area (Å²) in [5.41, 5.74) is 2.38. The highest BCUT2D eigenvalue weighted by Crippen LogP contribution is 2.24. The number of hydrogen-bond donors (Lipinski definition) is 0. The summed E-state index contributed by atoms with van der Waals surface area (Å²) in [4.78, 5) is 11.9. The molecule has 0 aliphatic carbocycles. The molecule has 4 heteroatoms. The molecule has 22 heavy (non-hydrogen) atoms. The molecule has 110 valence electrons. The Balaban J connectivity index is 1.86. The summed E-state index contributed by atoms with van der Waals surface area (Å²) in [5.74, 6) is 1.04. The van der Waals surface area contributed by atoms with Gasteiger partial charge in [0.25, 0.3) is 0 Å². The number of benzene rings is 2. The topological polar surface area (TPSA) is 56.0 Å². The Labute approximate surface area is 128 Å². The Hall–Kier alpha value is -2.75. The minimum absolute atomic E-state index is 0.0149. The molecule has 0 spiro atoms. The van der Waals surface area contributed by atoms with Crippen LogP contribution in [0.25, 0.3) is 22.9 Å². The van der Waals surface area contributed by atoms with Gasteiger partial charge in [0, 0.05) is 22.6 Å². The molecule has 4 nitrogen and oxygen atoms in total. The molecule has 0 N–H and O–H groups in total. The molecular weight excluding hydrogens is 276 g/mol. The van der Waals surface area contributed by atoms with Crippen molar-refractivity contribution in [3.63, 3.8) is 0 Å². The number of nitrogens with zero attached hydrogens (tertiary/aromatic N) is 2. The molecule has 0 saturated carbocycles. The van der Waals surface area contributed by atoms with Gasteiger partial charge < -0.3 is 4.42 Å². The summed E-state index contributed by atoms with van der Waals surface area (Å²) in [5, 5.41) is 8.14. The molecule has 0 saturated heterocycles. The van der Waals surface area contributed by atoms with Crippen molar-refractivity contribution in [1.29, 1.82) is 0 Å². The zero-order chi connectivity index (χ0) is 15.5. The van der Waals surface area contributed by atoms with E-state index >= 15 is 0 Å². The molecule has 3 aromatic rings. The minimum atomic E-state index is -0.0149. The minimum Gasteiger partial charge on any atom is -0.416 e. The molecule has 0 radical (unpaired) electrons. The summed E-state index contributed by atoms with van der Waals surface area (Å²) in [6.45, 7) is 3.78. The highest BCUT2D eigenvalue weighted by molar-refractivity contribution is 5.97. The fourth-order valence-corrected chi connectivity index (χ4v) is 2.15. The van der Waals surface area contributed by atoms with Crippen LogP contribution in [0.2, 0.25) is 0 Å². The first-order valence-corrected chi connectivity index (χ1v) is 7.19. The van der Waals surface area contributed by atoms with Gasteiger partial charge >= 0.3 is 0 Å². The molecule has 2 aromatic carbocycles. The largest absolute Gasteiger partial charge is 0.416 e. The number of Topliss-reactive ketones (excluding diaryl/α,β-unsaturated/α-hetero) is 1. The van der Waals surface area contributed by atoms with Crippen molar-refractivity contribution < 1.29 is 9.21 Å². The Morgan fingerprint density at radius 2 is 1.41 bits per heavy atom. The van der Waals surface area contributed by atoms with E-state index in [4.69, 9.17) is 4.42 Å². The smallest absolute Gasteiger partial charge is 0.248 e. The molecule has 0 bridgehead atoms. The van der Waals surface area contributed by atoms with Gasteiger partial charge in [0.05, 0.1) is 0 Å². The number of hydrogen-bond acceptors (Lipinski definition) is 4. The van der Waals surface area contributed by atoms with Gasteiger partial charge in [-0.05, 0) is 24.3 Å². The van der Waals surface area contributed by atoms with Crippen LogP contribution in [-0.2, 0) is 0 Å². The third kappa shape index (κ3) is 2.81. The van der Waals surface area contributed by atoms with Crippen molar-refractivity contribution >= 4 is 5.78 Å². The van der Waals surface area contributed by atoms with Crippen LogP contribution in [0.15, 0.2) is 59.0 Å². The fraction of sp³-hybridized carbons (Fsp3) is 0.167. The zero-order valence-electron chi connectivity index (χ0n) is 12.5. The Kier molecular flexibility index (Phi) is 3.83. The SMILES string of the molecule is CC(C)C(=O)c1ccc(-c2nnc(-c3ccccc3)o2)cc1. The summed E-state index contributed by atoms with van der Waals surface area (Å²) in [7, 11) is 0. The van der Waals surface area contributed by atoms with Crippen molar-refractivity contribution in [2.24, 2.45) is 5.92 Å². The third-order valence-corrected chi connectivity index (χ3v) is 3.39. The Bertz CT molecular complexity index is 774. The standard InChI is InChI=1S/C18H16N2O2/c1-12(2)16(21)13-8-10-15(11-9-13)18-20-19-17(22-18)14-6-4-3-5-7-14/h3-12H,1-2H3. The molecular formula is C18H16N2O2. The van der Waals surface area contributed by atoms with Crippen LogP contribution in [0.3, 0.4) is 0 Å². The Morgan fingerprint density at radius 1 is 0.864 bits per heavy atom. The maximum Gasteiger partial charge on any atom is 0.248 e. The lowest BCUT2D eigenvalue weighted by Crippen LogP contribution is -2.06. The van der Waals surface area contributed by atoms with Crippen LogP contribution >= 0.6 is 0 Å². The van der Waals surface area contributed by atoms with Crippen LogP contribution in [-0.4, -0.2) is 16.0 Å². The highest BCUT2D eigenvalue weighted by Gasteiger charge is 2.13. The molecule has 0 aliphatic rings. The van der Waals surface area contributed by atoms with Gasteiger partial charge in [-0.1, -0.05) is 44.2 Å². The second kappa shape index (κ2) is 5.93. The number of carbonyl (C=O) groups is 1. The maximum atomic E-state index is 11.9. The second-order valence-electron chi connectivity index (χ2n) is 5.37. The van der Waals surface area contributed by atoms with Gasteiger partial charge in [0.1, 0.15) is 0 Å². The van der Waals surface area contributed by atoms with E-state index < -0.39 is 0 Å². The lowest BCUT2D eigenvalue weighted by Gasteiger charge is -2.04. The maximum absolute atomic E-state index is 11.9. The van der Waals surface area contributed by atoms with Gasteiger partial charge in [-0.3, -0.25) is 4.79 Å². The number of rotatable bonds is 4. The predicted molar refractivity (Wildman–Crippen MR) is 84.3 cm³/mol. The van der Waals surface area contributed by atoms with E-state index in [9.17, 15) is 4.79 Å². The average molecular weight is 292 g/mol. The van der Waals surface area contributed by atoms with Crippen LogP contribution in [0.1, 0.15) is 24.2 Å². The zero-order valence-corrected chi connectivity index (χ0v) is 12.5. The molecule has 0 atom stereocenters. The van der Waals surface area contributed by atoms with Crippen LogP contribution < -0.4 is 0 Å². The van der Waals surface area contributed by atoms with E-state index in [1.54, 1.807) is 12.1 Å². The van der Waals surface area contributed by atoms with Gasteiger partial charge in [0.2, 0.25) is 11.8 Å². The van der Waals surface area contributed by atoms with Crippen LogP contribution in [0.4, 0.5) is 0 Å². The van der Waals surface area contributed by atoms with Crippen molar-refractivity contribution in [2.75, 3.05) is 0 Å². The lowest BCUT2D eigenvalue weighted by atomic mass is 10.0. The molecule has 3 rings (SSSR count). The normalized spacial score (nSPS) is 10.9. The van der Waals surface area contributed by atoms with Crippen LogP contribution in [0, 0.1) is 5.92 Å². The number of ketones is 1. The van der Waals surface area contributed by atoms with Crippen molar-refractivity contribution in [1.82, 2.24) is 10.2 Å². The second-order valence-corrected chi connectivity index (χ2v) is 5.37. The van der Waals surface area contributed by atoms with Crippen molar-refractivity contribution in [2.45, 2.75) is 13.8 Å². The van der Waals surface area contributed by atoms with E-state index in [1.165, 1.54) is 0 Å². The Morgan fingerprint density at radius 3 is 1.95 bits per heavy atom. The van der Waals surface area contributed by atoms with E-state index in [-0.39, 0.29) is 11.7 Å². The monoisotopic (exact) mass is 292 g/mol. The molecule has 0 fully saturated rings. The summed E-state index contributed by atoms with van der Waals surface area (Å²) in [6, 6.07) is 16.9. The van der Waals surface area contributed by atoms with E-state index in [0.717, 1.165) is 11.1 Å². The van der Waals surface area contributed by atoms with E-state index in [0.29, 0.717) is 17.3 Å². The van der Waals surface area contributed by atoms with Gasteiger partial charge in [-0.2, -0.15) is 0 Å². The van der Waals surface area contributed by atoms with E-state index in [2.05, 4.69) is 10.2 Å². The predicted octanol–water partition coefficient (Wildman–Crippen LogP) is 4.24. The lowest BCUT2D eigenvalue weighted by molar-refractivity contribution is 0.0939. The molecule has 0 amide bonds. The third-order valence-electron chi connectivity index (χ3n) is 3.39. The van der Waals surface area contributed by atoms with Gasteiger partial charge in [-0.15, -0.1) is 10.2 Å². The summed E-state index contributed by atoms with van der Waals surface area (Å²) in [6.07, 6.45) is 0. The van der Waals surface area contributed by atoms with E-state index in [1.807, 2.05) is 56.3 Å². The first-order chi connectivity index (χ1) is 10.6. The van der Waals surface area contributed by atoms with Gasteiger partial charge in [0.15, 0.2) is 5.78 Å². The van der Waals surface area contributed by atoms with Gasteiger partial charge in [-0.25, -0.2) is 0 Å². The number of carbonyl (C=O) groups excluding carboxylic acids is 1. The first-order valence-electron chi connectivity index (χ1n) is 7.19. The average Bonchev–Trinajstić information content (AvgIpc) is 3.05. The fourth-order valence-electron chi connectivity index (χ4n) is 2.15. The van der Waals surface area contributed by atoms with Crippen molar-refractivity contribution in [3.05, 3.63) is 60.2 Å². The molecule has 0 aliphatic heterocycles. The highest BCUT2D eigenvalue weighted by atomic mass is 16.4. The quantitative estimate of drug-likeness (QED) is 0.675. The summed E-state index contributed by atoms with van der Waals surface area (Å²) < 4.78 is 5.70.